The van der Waals surface area contributed by atoms with Crippen LogP contribution >= 0.6 is 0 Å². The fourth-order valence-electron chi connectivity index (χ4n) is 3.23. The minimum absolute atomic E-state index is 0.0101. The molecular formula is C24H22N2O4. The van der Waals surface area contributed by atoms with Crippen LogP contribution < -0.4 is 9.47 Å². The van der Waals surface area contributed by atoms with Gasteiger partial charge in [-0.2, -0.15) is 5.26 Å². The summed E-state index contributed by atoms with van der Waals surface area (Å²) >= 11 is 0. The van der Waals surface area contributed by atoms with Crippen molar-refractivity contribution in [3.8, 4) is 17.6 Å². The summed E-state index contributed by atoms with van der Waals surface area (Å²) in [5, 5.41) is 9.51. The Kier molecular flexibility index (Phi) is 6.33. The lowest BCUT2D eigenvalue weighted by molar-refractivity contribution is -0.140. The third-order valence-electron chi connectivity index (χ3n) is 5.04. The number of imide groups is 1. The monoisotopic (exact) mass is 402 g/mol. The van der Waals surface area contributed by atoms with Gasteiger partial charge in [-0.25, -0.2) is 0 Å². The molecule has 2 aromatic rings. The first-order valence-electron chi connectivity index (χ1n) is 9.44. The third-order valence-corrected chi connectivity index (χ3v) is 5.04. The number of carbonyl (C=O) groups excluding carboxylic acids is 2. The average Bonchev–Trinajstić information content (AvgIpc) is 2.77. The second-order valence-electron chi connectivity index (χ2n) is 6.80. The number of rotatable bonds is 6. The Labute approximate surface area is 175 Å². The summed E-state index contributed by atoms with van der Waals surface area (Å²) in [4.78, 5) is 27.0. The van der Waals surface area contributed by atoms with Gasteiger partial charge in [-0.1, -0.05) is 24.3 Å². The third kappa shape index (κ3) is 4.26. The van der Waals surface area contributed by atoms with E-state index in [1.54, 1.807) is 39.4 Å². The van der Waals surface area contributed by atoms with Crippen molar-refractivity contribution in [2.45, 2.75) is 13.3 Å². The van der Waals surface area contributed by atoms with Crippen LogP contribution in [0.4, 0.5) is 0 Å². The Hall–Kier alpha value is -3.85. The molecule has 6 nitrogen and oxygen atoms in total. The van der Waals surface area contributed by atoms with E-state index in [1.165, 1.54) is 0 Å². The molecule has 0 atom stereocenters. The molecule has 1 aliphatic rings. The van der Waals surface area contributed by atoms with Gasteiger partial charge in [0.2, 0.25) is 0 Å². The zero-order chi connectivity index (χ0) is 21.7. The highest BCUT2D eigenvalue weighted by atomic mass is 16.5. The molecule has 0 fully saturated rings. The predicted octanol–water partition coefficient (Wildman–Crippen LogP) is 3.54. The van der Waals surface area contributed by atoms with Gasteiger partial charge in [0.15, 0.2) is 0 Å². The molecule has 152 valence electrons. The molecule has 0 saturated carbocycles. The maximum atomic E-state index is 13.1. The minimum Gasteiger partial charge on any atom is -0.497 e. The number of nitriles is 1. The van der Waals surface area contributed by atoms with Crippen LogP contribution in [0.15, 0.2) is 65.3 Å². The fraction of sp³-hybridized carbons (Fsp3) is 0.208. The van der Waals surface area contributed by atoms with Gasteiger partial charge in [0.05, 0.1) is 14.2 Å². The van der Waals surface area contributed by atoms with Crippen LogP contribution in [0.1, 0.15) is 18.1 Å². The Morgan fingerprint density at radius 3 is 2.03 bits per heavy atom. The standard InChI is InChI=1S/C24H22N2O4/c1-16-21(14-18-6-10-20(30-3)11-7-18)23(27)26(24(28)22(16)15-25)13-12-17-4-8-19(29-2)9-5-17/h4-11,14H,12-13H2,1-3H3/b21-14+. The van der Waals surface area contributed by atoms with E-state index in [-0.39, 0.29) is 12.1 Å². The maximum Gasteiger partial charge on any atom is 0.271 e. The normalized spacial score (nSPS) is 15.4. The van der Waals surface area contributed by atoms with Gasteiger partial charge in [-0.05, 0) is 60.4 Å². The lowest BCUT2D eigenvalue weighted by Gasteiger charge is -2.27. The molecule has 2 amide bonds. The SMILES string of the molecule is COc1ccc(/C=C2/C(=O)N(CCc3ccc(OC)cc3)C(=O)C(C#N)=C2C)cc1. The summed E-state index contributed by atoms with van der Waals surface area (Å²) in [5.41, 5.74) is 2.46. The molecule has 0 unspecified atom stereocenters. The predicted molar refractivity (Wildman–Crippen MR) is 113 cm³/mol. The van der Waals surface area contributed by atoms with E-state index >= 15 is 0 Å². The van der Waals surface area contributed by atoms with Crippen molar-refractivity contribution in [3.05, 3.63) is 76.4 Å². The molecule has 3 rings (SSSR count). The lowest BCUT2D eigenvalue weighted by Crippen LogP contribution is -2.43. The Morgan fingerprint density at radius 1 is 0.933 bits per heavy atom. The first-order valence-corrected chi connectivity index (χ1v) is 9.44. The van der Waals surface area contributed by atoms with E-state index in [0.29, 0.717) is 23.3 Å². The summed E-state index contributed by atoms with van der Waals surface area (Å²) in [6.07, 6.45) is 2.18. The van der Waals surface area contributed by atoms with Gasteiger partial charge >= 0.3 is 0 Å². The van der Waals surface area contributed by atoms with Crippen LogP contribution in [-0.4, -0.2) is 37.5 Å². The summed E-state index contributed by atoms with van der Waals surface area (Å²) in [6, 6.07) is 16.6. The van der Waals surface area contributed by atoms with Gasteiger partial charge in [0.25, 0.3) is 11.8 Å². The van der Waals surface area contributed by atoms with Crippen LogP contribution in [0.5, 0.6) is 11.5 Å². The van der Waals surface area contributed by atoms with E-state index in [9.17, 15) is 14.9 Å². The van der Waals surface area contributed by atoms with Gasteiger partial charge in [0.1, 0.15) is 23.1 Å². The van der Waals surface area contributed by atoms with Crippen LogP contribution in [0.2, 0.25) is 0 Å². The van der Waals surface area contributed by atoms with Gasteiger partial charge in [0, 0.05) is 12.1 Å². The van der Waals surface area contributed by atoms with E-state index in [0.717, 1.165) is 21.8 Å². The van der Waals surface area contributed by atoms with Crippen molar-refractivity contribution in [2.75, 3.05) is 20.8 Å². The van der Waals surface area contributed by atoms with Crippen LogP contribution in [0, 0.1) is 11.3 Å². The van der Waals surface area contributed by atoms with Crippen molar-refractivity contribution in [1.29, 1.82) is 5.26 Å². The summed E-state index contributed by atoms with van der Waals surface area (Å²) in [7, 11) is 3.17. The molecule has 2 aromatic carbocycles. The molecule has 0 saturated heterocycles. The number of carbonyl (C=O) groups is 2. The topological polar surface area (TPSA) is 79.6 Å². The lowest BCUT2D eigenvalue weighted by atomic mass is 9.93. The summed E-state index contributed by atoms with van der Waals surface area (Å²) < 4.78 is 10.3. The molecule has 6 heteroatoms. The van der Waals surface area contributed by atoms with Gasteiger partial charge in [-0.3, -0.25) is 14.5 Å². The largest absolute Gasteiger partial charge is 0.497 e. The molecule has 0 N–H and O–H groups in total. The number of hydrogen-bond acceptors (Lipinski definition) is 5. The number of nitrogens with zero attached hydrogens (tertiary/aromatic N) is 2. The highest BCUT2D eigenvalue weighted by Crippen LogP contribution is 2.27. The number of methoxy groups -OCH3 is 2. The van der Waals surface area contributed by atoms with Crippen molar-refractivity contribution in [3.63, 3.8) is 0 Å². The first-order chi connectivity index (χ1) is 14.5. The molecule has 0 aliphatic carbocycles. The Bertz CT molecular complexity index is 1060. The molecule has 0 spiro atoms. The van der Waals surface area contributed by atoms with Crippen LogP contribution in [-0.2, 0) is 16.0 Å². The van der Waals surface area contributed by atoms with E-state index in [4.69, 9.17) is 9.47 Å². The molecule has 1 heterocycles. The second kappa shape index (κ2) is 9.10. The van der Waals surface area contributed by atoms with Crippen molar-refractivity contribution in [1.82, 2.24) is 4.90 Å². The zero-order valence-corrected chi connectivity index (χ0v) is 17.1. The summed E-state index contributed by atoms with van der Waals surface area (Å²) in [5.74, 6) is 0.480. The Morgan fingerprint density at radius 2 is 1.50 bits per heavy atom. The van der Waals surface area contributed by atoms with Crippen molar-refractivity contribution < 1.29 is 19.1 Å². The van der Waals surface area contributed by atoms with Crippen molar-refractivity contribution >= 4 is 17.9 Å². The quantitative estimate of drug-likeness (QED) is 0.545. The van der Waals surface area contributed by atoms with Crippen LogP contribution in [0.3, 0.4) is 0 Å². The zero-order valence-electron chi connectivity index (χ0n) is 17.1. The highest BCUT2D eigenvalue weighted by molar-refractivity contribution is 6.19. The minimum atomic E-state index is -0.555. The first kappa shape index (κ1) is 20.9. The second-order valence-corrected chi connectivity index (χ2v) is 6.80. The molecule has 30 heavy (non-hydrogen) atoms. The van der Waals surface area contributed by atoms with Gasteiger partial charge in [-0.15, -0.1) is 0 Å². The Balaban J connectivity index is 1.89. The van der Waals surface area contributed by atoms with Crippen LogP contribution in [0.25, 0.3) is 6.08 Å². The number of ether oxygens (including phenoxy) is 2. The molecule has 0 aromatic heterocycles. The van der Waals surface area contributed by atoms with Crippen molar-refractivity contribution in [2.24, 2.45) is 0 Å². The molecule has 1 aliphatic heterocycles. The molecule has 0 bridgehead atoms. The maximum absolute atomic E-state index is 13.1. The van der Waals surface area contributed by atoms with E-state index in [2.05, 4.69) is 0 Å². The fourth-order valence-corrected chi connectivity index (χ4v) is 3.23. The number of hydrogen-bond donors (Lipinski definition) is 0. The smallest absolute Gasteiger partial charge is 0.271 e. The molecular weight excluding hydrogens is 380 g/mol. The molecule has 0 radical (unpaired) electrons. The average molecular weight is 402 g/mol. The van der Waals surface area contributed by atoms with E-state index in [1.807, 2.05) is 42.5 Å². The van der Waals surface area contributed by atoms with Gasteiger partial charge < -0.3 is 9.47 Å². The number of benzene rings is 2. The number of amides is 2. The highest BCUT2D eigenvalue weighted by Gasteiger charge is 2.35. The summed E-state index contributed by atoms with van der Waals surface area (Å²) in [6.45, 7) is 1.81. The van der Waals surface area contributed by atoms with E-state index < -0.39 is 11.8 Å².